The lowest BCUT2D eigenvalue weighted by molar-refractivity contribution is 0.388. The van der Waals surface area contributed by atoms with Crippen molar-refractivity contribution in [1.29, 1.82) is 0 Å². The number of hydrogen-bond acceptors (Lipinski definition) is 4. The van der Waals surface area contributed by atoms with Crippen molar-refractivity contribution in [2.75, 3.05) is 0 Å². The van der Waals surface area contributed by atoms with Gasteiger partial charge in [-0.05, 0) is 12.0 Å². The summed E-state index contributed by atoms with van der Waals surface area (Å²) in [7, 11) is 0. The molecule has 0 bridgehead atoms. The molecular weight excluding hydrogens is 182 g/mol. The van der Waals surface area contributed by atoms with Gasteiger partial charge in [0.25, 0.3) is 0 Å². The van der Waals surface area contributed by atoms with E-state index in [1.165, 1.54) is 6.07 Å². The summed E-state index contributed by atoms with van der Waals surface area (Å²) in [6.07, 6.45) is 0. The number of aromatic hydroxyl groups is 3. The molecule has 4 heteroatoms. The van der Waals surface area contributed by atoms with E-state index >= 15 is 0 Å². The molecule has 0 aromatic heterocycles. The summed E-state index contributed by atoms with van der Waals surface area (Å²) in [5.41, 5.74) is 6.24. The predicted octanol–water partition coefficient (Wildman–Crippen LogP) is 1.46. The molecule has 1 aromatic carbocycles. The number of nitrogens with two attached hydrogens (primary N) is 1. The first kappa shape index (κ1) is 10.7. The predicted molar refractivity (Wildman–Crippen MR) is 53.2 cm³/mol. The second-order valence-corrected chi connectivity index (χ2v) is 3.67. The minimum atomic E-state index is -0.360. The molecule has 0 heterocycles. The fourth-order valence-electron chi connectivity index (χ4n) is 1.21. The highest BCUT2D eigenvalue weighted by molar-refractivity contribution is 5.49. The minimum Gasteiger partial charge on any atom is -0.507 e. The zero-order chi connectivity index (χ0) is 10.9. The van der Waals surface area contributed by atoms with E-state index < -0.39 is 0 Å². The second-order valence-electron chi connectivity index (χ2n) is 3.67. The molecule has 0 aliphatic carbocycles. The summed E-state index contributed by atoms with van der Waals surface area (Å²) < 4.78 is 0. The summed E-state index contributed by atoms with van der Waals surface area (Å²) in [6.45, 7) is 3.82. The van der Waals surface area contributed by atoms with Gasteiger partial charge in [0, 0.05) is 17.7 Å². The molecule has 14 heavy (non-hydrogen) atoms. The maximum atomic E-state index is 9.48. The summed E-state index contributed by atoms with van der Waals surface area (Å²) in [5.74, 6) is -0.567. The molecule has 5 N–H and O–H groups in total. The van der Waals surface area contributed by atoms with Crippen LogP contribution in [0.1, 0.15) is 25.5 Å². The van der Waals surface area contributed by atoms with Crippen molar-refractivity contribution in [2.45, 2.75) is 19.9 Å². The monoisotopic (exact) mass is 197 g/mol. The summed E-state index contributed by atoms with van der Waals surface area (Å²) >= 11 is 0. The molecule has 0 saturated heterocycles. The van der Waals surface area contributed by atoms with Crippen LogP contribution < -0.4 is 5.73 Å². The zero-order valence-electron chi connectivity index (χ0n) is 8.23. The van der Waals surface area contributed by atoms with Gasteiger partial charge in [-0.3, -0.25) is 0 Å². The smallest absolute Gasteiger partial charge is 0.161 e. The first-order valence-corrected chi connectivity index (χ1v) is 4.44. The zero-order valence-corrected chi connectivity index (χ0v) is 8.23. The Hall–Kier alpha value is -1.42. The molecule has 1 atom stereocenters. The fourth-order valence-corrected chi connectivity index (χ4v) is 1.21. The van der Waals surface area contributed by atoms with E-state index in [2.05, 4.69) is 0 Å². The van der Waals surface area contributed by atoms with Gasteiger partial charge in [0.2, 0.25) is 0 Å². The SMILES string of the molecule is CC(C)C(N)c1cc(O)c(O)cc1O. The third-order valence-electron chi connectivity index (χ3n) is 2.20. The molecule has 78 valence electrons. The van der Waals surface area contributed by atoms with Crippen LogP contribution in [-0.4, -0.2) is 15.3 Å². The number of rotatable bonds is 2. The normalized spacial score (nSPS) is 13.1. The van der Waals surface area contributed by atoms with Crippen LogP contribution in [0.3, 0.4) is 0 Å². The van der Waals surface area contributed by atoms with E-state index in [-0.39, 0.29) is 29.2 Å². The molecule has 0 aliphatic rings. The molecule has 1 aromatic rings. The van der Waals surface area contributed by atoms with Crippen LogP contribution in [0.5, 0.6) is 17.2 Å². The Kier molecular flexibility index (Phi) is 2.86. The summed E-state index contributed by atoms with van der Waals surface area (Å²) in [4.78, 5) is 0. The van der Waals surface area contributed by atoms with Gasteiger partial charge in [0.15, 0.2) is 11.5 Å². The highest BCUT2D eigenvalue weighted by atomic mass is 16.3. The third kappa shape index (κ3) is 1.90. The van der Waals surface area contributed by atoms with Crippen LogP contribution in [0.4, 0.5) is 0 Å². The van der Waals surface area contributed by atoms with Gasteiger partial charge in [-0.1, -0.05) is 13.8 Å². The van der Waals surface area contributed by atoms with Gasteiger partial charge in [0.1, 0.15) is 5.75 Å². The first-order valence-electron chi connectivity index (χ1n) is 4.44. The standard InChI is InChI=1S/C10H15NO3/c1-5(2)10(11)6-3-8(13)9(14)4-7(6)12/h3-5,10,12-14H,11H2,1-2H3. The Bertz CT molecular complexity index is 336. The van der Waals surface area contributed by atoms with Crippen molar-refractivity contribution < 1.29 is 15.3 Å². The third-order valence-corrected chi connectivity index (χ3v) is 2.20. The lowest BCUT2D eigenvalue weighted by atomic mass is 9.96. The van der Waals surface area contributed by atoms with E-state index in [4.69, 9.17) is 10.8 Å². The van der Waals surface area contributed by atoms with E-state index in [0.717, 1.165) is 6.07 Å². The van der Waals surface area contributed by atoms with Crippen LogP contribution in [0, 0.1) is 5.92 Å². The van der Waals surface area contributed by atoms with Crippen LogP contribution in [0.25, 0.3) is 0 Å². The molecule has 1 unspecified atom stereocenters. The van der Waals surface area contributed by atoms with Crippen LogP contribution in [-0.2, 0) is 0 Å². The van der Waals surface area contributed by atoms with Crippen molar-refractivity contribution in [3.8, 4) is 17.2 Å². The van der Waals surface area contributed by atoms with Crippen molar-refractivity contribution in [2.24, 2.45) is 11.7 Å². The van der Waals surface area contributed by atoms with E-state index in [1.807, 2.05) is 13.8 Å². The van der Waals surface area contributed by atoms with E-state index in [1.54, 1.807) is 0 Å². The number of phenolic OH excluding ortho intramolecular Hbond substituents is 3. The highest BCUT2D eigenvalue weighted by Gasteiger charge is 2.16. The molecule has 0 fully saturated rings. The largest absolute Gasteiger partial charge is 0.507 e. The fraction of sp³-hybridized carbons (Fsp3) is 0.400. The summed E-state index contributed by atoms with van der Waals surface area (Å²) in [5, 5.41) is 27.8. The first-order chi connectivity index (χ1) is 6.43. The van der Waals surface area contributed by atoms with Gasteiger partial charge in [-0.15, -0.1) is 0 Å². The molecule has 0 amide bonds. The Morgan fingerprint density at radius 3 is 2.00 bits per heavy atom. The Labute approximate surface area is 82.6 Å². The van der Waals surface area contributed by atoms with Crippen molar-refractivity contribution in [3.05, 3.63) is 17.7 Å². The van der Waals surface area contributed by atoms with E-state index in [9.17, 15) is 10.2 Å². The topological polar surface area (TPSA) is 86.7 Å². The molecule has 0 aliphatic heterocycles. The van der Waals surface area contributed by atoms with Crippen LogP contribution >= 0.6 is 0 Å². The Morgan fingerprint density at radius 2 is 1.50 bits per heavy atom. The van der Waals surface area contributed by atoms with Crippen molar-refractivity contribution in [1.82, 2.24) is 0 Å². The Balaban J connectivity index is 3.15. The van der Waals surface area contributed by atoms with Gasteiger partial charge in [-0.25, -0.2) is 0 Å². The molecule has 0 radical (unpaired) electrons. The molecule has 0 saturated carbocycles. The van der Waals surface area contributed by atoms with Gasteiger partial charge >= 0.3 is 0 Å². The van der Waals surface area contributed by atoms with Crippen LogP contribution in [0.2, 0.25) is 0 Å². The average molecular weight is 197 g/mol. The van der Waals surface area contributed by atoms with Gasteiger partial charge < -0.3 is 21.1 Å². The van der Waals surface area contributed by atoms with Crippen molar-refractivity contribution >= 4 is 0 Å². The molecule has 1 rings (SSSR count). The molecule has 4 nitrogen and oxygen atoms in total. The quantitative estimate of drug-likeness (QED) is 0.427. The molecule has 0 spiro atoms. The lowest BCUT2D eigenvalue weighted by Gasteiger charge is -2.17. The maximum absolute atomic E-state index is 9.48. The van der Waals surface area contributed by atoms with Crippen LogP contribution in [0.15, 0.2) is 12.1 Å². The maximum Gasteiger partial charge on any atom is 0.161 e. The highest BCUT2D eigenvalue weighted by Crippen LogP contribution is 2.36. The number of benzene rings is 1. The van der Waals surface area contributed by atoms with E-state index in [0.29, 0.717) is 5.56 Å². The van der Waals surface area contributed by atoms with Gasteiger partial charge in [-0.2, -0.15) is 0 Å². The average Bonchev–Trinajstić information content (AvgIpc) is 2.10. The number of phenols is 3. The van der Waals surface area contributed by atoms with Crippen molar-refractivity contribution in [3.63, 3.8) is 0 Å². The number of hydrogen-bond donors (Lipinski definition) is 4. The minimum absolute atomic E-state index is 0.0958. The lowest BCUT2D eigenvalue weighted by Crippen LogP contribution is -2.16. The molecular formula is C10H15NO3. The summed E-state index contributed by atoms with van der Waals surface area (Å²) in [6, 6.07) is 2.02. The second kappa shape index (κ2) is 3.75. The Morgan fingerprint density at radius 1 is 1.00 bits per heavy atom. The van der Waals surface area contributed by atoms with Gasteiger partial charge in [0.05, 0.1) is 0 Å².